The summed E-state index contributed by atoms with van der Waals surface area (Å²) in [6.45, 7) is 10.7. The molecule has 0 bridgehead atoms. The van der Waals surface area contributed by atoms with Gasteiger partial charge in [-0.2, -0.15) is 0 Å². The molecule has 2 aromatic heterocycles. The number of nitrogen functional groups attached to an aromatic ring is 1. The number of hydrogen-bond acceptors (Lipinski definition) is 3. The van der Waals surface area contributed by atoms with Crippen molar-refractivity contribution in [3.8, 4) is 0 Å². The van der Waals surface area contributed by atoms with Crippen molar-refractivity contribution in [2.75, 3.05) is 5.73 Å². The molecule has 0 saturated carbocycles. The van der Waals surface area contributed by atoms with Gasteiger partial charge in [0.1, 0.15) is 0 Å². The number of aromatic amines is 2. The summed E-state index contributed by atoms with van der Waals surface area (Å²) in [5.41, 5.74) is 13.1. The van der Waals surface area contributed by atoms with Gasteiger partial charge in [0.15, 0.2) is 0 Å². The van der Waals surface area contributed by atoms with E-state index < -0.39 is 14.5 Å². The Kier molecular flexibility index (Phi) is 12.9. The van der Waals surface area contributed by atoms with Gasteiger partial charge in [-0.25, -0.2) is 0 Å². The van der Waals surface area contributed by atoms with Crippen molar-refractivity contribution in [2.45, 2.75) is 41.0 Å². The second kappa shape index (κ2) is 17.8. The van der Waals surface area contributed by atoms with Gasteiger partial charge in [0.2, 0.25) is 0 Å². The zero-order chi connectivity index (χ0) is 38.4. The van der Waals surface area contributed by atoms with Gasteiger partial charge in [0.25, 0.3) is 0 Å². The molecule has 4 N–H and O–H groups in total. The molecule has 5 nitrogen and oxygen atoms in total. The number of anilines is 1. The quantitative estimate of drug-likeness (QED) is 0.132. The van der Waals surface area contributed by atoms with Crippen LogP contribution >= 0.6 is 31.5 Å². The average molecular weight is 841 g/mol. The minimum absolute atomic E-state index is 0. The molecule has 8 heteroatoms. The molecule has 0 spiro atoms. The number of H-pyrrole nitrogens is 2. The van der Waals surface area contributed by atoms with Crippen LogP contribution < -0.4 is 48.4 Å². The fourth-order valence-electron chi connectivity index (χ4n) is 8.08. The maximum absolute atomic E-state index is 6.09. The van der Waals surface area contributed by atoms with E-state index in [-0.39, 0.29) is 17.0 Å². The predicted octanol–water partition coefficient (Wildman–Crippen LogP) is 7.48. The van der Waals surface area contributed by atoms with Crippen LogP contribution in [0.4, 0.5) is 5.95 Å². The van der Waals surface area contributed by atoms with Gasteiger partial charge in [-0.3, -0.25) is 0 Å². The van der Waals surface area contributed by atoms with Crippen molar-refractivity contribution in [1.29, 1.82) is 0 Å². The third-order valence-electron chi connectivity index (χ3n) is 10.7. The van der Waals surface area contributed by atoms with Gasteiger partial charge >= 0.3 is 328 Å². The van der Waals surface area contributed by atoms with E-state index in [0.29, 0.717) is 5.95 Å². The van der Waals surface area contributed by atoms with Crippen LogP contribution in [0.25, 0.3) is 0 Å². The summed E-state index contributed by atoms with van der Waals surface area (Å²) < 4.78 is 0. The first-order valence-electron chi connectivity index (χ1n) is 19.0. The normalized spacial score (nSPS) is 11.9. The second-order valence-electron chi connectivity index (χ2n) is 14.3. The van der Waals surface area contributed by atoms with E-state index in [9.17, 15) is 0 Å². The maximum atomic E-state index is 6.09. The van der Waals surface area contributed by atoms with Crippen molar-refractivity contribution in [2.24, 2.45) is 0 Å². The number of halogens is 1. The van der Waals surface area contributed by atoms with Gasteiger partial charge in [-0.1, -0.05) is 0 Å². The molecular weight excluding hydrogens is 788 g/mol. The zero-order valence-corrected chi connectivity index (χ0v) is 36.5. The molecule has 0 fully saturated rings. The SMILES string of the molecule is Br.CCc1nc([PH](c2ccccc2)(c2ccccc2)c2ccc(C)cc2)c(C)[nH]1.Cc1ccc([PH](c2ccccc2)(c2ccccc2)c2nc(N)[nH]c2C)cc1. The molecule has 0 aliphatic carbocycles. The van der Waals surface area contributed by atoms with Crippen LogP contribution in [-0.4, -0.2) is 19.9 Å². The third kappa shape index (κ3) is 7.67. The van der Waals surface area contributed by atoms with Gasteiger partial charge in [0, 0.05) is 0 Å². The number of rotatable bonds is 9. The van der Waals surface area contributed by atoms with E-state index in [1.54, 1.807) is 0 Å². The molecule has 56 heavy (non-hydrogen) atoms. The van der Waals surface area contributed by atoms with Crippen LogP contribution in [0.1, 0.15) is 35.3 Å². The monoisotopic (exact) mass is 839 g/mol. The van der Waals surface area contributed by atoms with E-state index in [1.807, 2.05) is 0 Å². The zero-order valence-electron chi connectivity index (χ0n) is 32.8. The summed E-state index contributed by atoms with van der Waals surface area (Å²) in [7, 11) is -5.07. The first-order chi connectivity index (χ1) is 26.8. The average Bonchev–Trinajstić information content (AvgIpc) is 3.78. The van der Waals surface area contributed by atoms with Crippen molar-refractivity contribution in [3.63, 3.8) is 0 Å². The van der Waals surface area contributed by atoms with Gasteiger partial charge in [0.05, 0.1) is 0 Å². The first kappa shape index (κ1) is 40.5. The van der Waals surface area contributed by atoms with Crippen LogP contribution in [0.5, 0.6) is 0 Å². The molecule has 0 radical (unpaired) electrons. The minimum atomic E-state index is -2.57. The van der Waals surface area contributed by atoms with E-state index in [4.69, 9.17) is 15.7 Å². The van der Waals surface area contributed by atoms with E-state index in [1.165, 1.54) is 54.1 Å². The Labute approximate surface area is 343 Å². The molecule has 286 valence electrons. The molecular formula is C48H52BrN5P2. The molecule has 8 rings (SSSR count). The molecule has 2 heterocycles. The Morgan fingerprint density at radius 3 is 1.02 bits per heavy atom. The molecule has 0 amide bonds. The fraction of sp³-hybridized carbons (Fsp3) is 0.125. The summed E-state index contributed by atoms with van der Waals surface area (Å²) in [6.07, 6.45) is 0.906. The summed E-state index contributed by atoms with van der Waals surface area (Å²) in [6, 6.07) is 61.3. The number of nitrogens with zero attached hydrogens (tertiary/aromatic N) is 2. The number of aryl methyl sites for hydroxylation is 5. The summed E-state index contributed by atoms with van der Waals surface area (Å²) in [5, 5.41) is 8.00. The number of hydrogen-bond donors (Lipinski definition) is 3. The van der Waals surface area contributed by atoms with Gasteiger partial charge in [-0.05, 0) is 0 Å². The Balaban J connectivity index is 0.000000187. The van der Waals surface area contributed by atoms with E-state index in [0.717, 1.165) is 23.4 Å². The van der Waals surface area contributed by atoms with Crippen molar-refractivity contribution in [3.05, 3.63) is 198 Å². The first-order valence-corrected chi connectivity index (χ1v) is 23.0. The number of nitrogens with one attached hydrogen (secondary N) is 2. The fourth-order valence-corrected chi connectivity index (χ4v) is 17.7. The summed E-state index contributed by atoms with van der Waals surface area (Å²) in [5.74, 6) is 1.53. The summed E-state index contributed by atoms with van der Waals surface area (Å²) >= 11 is 0. The van der Waals surface area contributed by atoms with Crippen LogP contribution in [0.3, 0.4) is 0 Å². The van der Waals surface area contributed by atoms with Crippen LogP contribution in [0.2, 0.25) is 0 Å². The number of nitrogens with two attached hydrogens (primary N) is 1. The molecule has 0 saturated heterocycles. The standard InChI is InChI=1S/C25H27N2P.C23H24N3P.BrH/c1-4-24-26-20(3)25(27-24)28(21-11-7-5-8-12-21,22-13-9-6-10-14-22)23-17-15-19(2)16-18-23;1-17-13-15-21(16-14-17)27(19-9-5-3-6-10-19,20-11-7-4-8-12-20)22-18(2)25-23(24)26-22;/h5-18,28H,4H2,1-3H3,(H,26,27);3-16,27H,1-2H3,(H3,24,25,26);1H. The second-order valence-corrected chi connectivity index (χ2v) is 21.7. The van der Waals surface area contributed by atoms with Gasteiger partial charge < -0.3 is 0 Å². The van der Waals surface area contributed by atoms with E-state index >= 15 is 0 Å². The van der Waals surface area contributed by atoms with E-state index in [2.05, 4.69) is 214 Å². The van der Waals surface area contributed by atoms with Crippen LogP contribution in [0.15, 0.2) is 170 Å². The molecule has 8 aromatic rings. The molecule has 0 atom stereocenters. The van der Waals surface area contributed by atoms with Crippen LogP contribution in [-0.2, 0) is 6.42 Å². The number of benzene rings is 6. The van der Waals surface area contributed by atoms with Crippen molar-refractivity contribution in [1.82, 2.24) is 19.9 Å². The Morgan fingerprint density at radius 1 is 0.429 bits per heavy atom. The molecule has 0 aliphatic heterocycles. The third-order valence-corrected chi connectivity index (χ3v) is 20.3. The Hall–Kier alpha value is -5.12. The van der Waals surface area contributed by atoms with Crippen molar-refractivity contribution < 1.29 is 0 Å². The van der Waals surface area contributed by atoms with Crippen LogP contribution in [0, 0.1) is 27.7 Å². The molecule has 6 aromatic carbocycles. The number of aromatic nitrogens is 4. The Morgan fingerprint density at radius 2 is 0.732 bits per heavy atom. The molecule has 0 aliphatic rings. The molecule has 0 unspecified atom stereocenters. The summed E-state index contributed by atoms with van der Waals surface area (Å²) in [4.78, 5) is 16.8. The topological polar surface area (TPSA) is 83.4 Å². The van der Waals surface area contributed by atoms with Gasteiger partial charge in [-0.15, -0.1) is 17.0 Å². The predicted molar refractivity (Wildman–Crippen MR) is 253 cm³/mol. The Bertz CT molecular complexity index is 2370. The van der Waals surface area contributed by atoms with Crippen molar-refractivity contribution >= 4 is 80.2 Å². The number of imidazole rings is 2.